The number of hydrogen-bond acceptors (Lipinski definition) is 3. The van der Waals surface area contributed by atoms with E-state index in [1.54, 1.807) is 24.3 Å². The lowest BCUT2D eigenvalue weighted by molar-refractivity contribution is -0.132. The number of fused-ring (bicyclic) bond motifs is 1. The van der Waals surface area contributed by atoms with E-state index in [4.69, 9.17) is 0 Å². The smallest absolute Gasteiger partial charge is 0.261 e. The van der Waals surface area contributed by atoms with Crippen LogP contribution in [-0.2, 0) is 4.79 Å². The number of carbonyl (C=O) groups is 3. The van der Waals surface area contributed by atoms with Crippen LogP contribution in [0.25, 0.3) is 0 Å². The predicted octanol–water partition coefficient (Wildman–Crippen LogP) is 2.81. The summed E-state index contributed by atoms with van der Waals surface area (Å²) in [5.41, 5.74) is 0.854. The van der Waals surface area contributed by atoms with E-state index < -0.39 is 0 Å². The SMILES string of the molecule is CC(C)CN(CC(C)C)C(=O)CCN1C(=O)c2ccccc2C1=O. The molecule has 3 amide bonds. The molecule has 0 aliphatic carbocycles. The summed E-state index contributed by atoms with van der Waals surface area (Å²) in [5.74, 6) is 0.151. The standard InChI is InChI=1S/C19H26N2O3/c1-13(2)11-20(12-14(3)4)17(22)9-10-21-18(23)15-7-5-6-8-16(15)19(21)24/h5-8,13-14H,9-12H2,1-4H3. The first kappa shape index (κ1) is 18.2. The number of hydrogen-bond donors (Lipinski definition) is 0. The van der Waals surface area contributed by atoms with E-state index >= 15 is 0 Å². The van der Waals surface area contributed by atoms with Crippen molar-refractivity contribution in [2.75, 3.05) is 19.6 Å². The molecule has 1 aromatic carbocycles. The quantitative estimate of drug-likeness (QED) is 0.722. The fourth-order valence-electron chi connectivity index (χ4n) is 2.97. The third kappa shape index (κ3) is 4.02. The highest BCUT2D eigenvalue weighted by molar-refractivity contribution is 6.21. The number of amides is 3. The highest BCUT2D eigenvalue weighted by Crippen LogP contribution is 2.22. The monoisotopic (exact) mass is 330 g/mol. The molecule has 0 unspecified atom stereocenters. The topological polar surface area (TPSA) is 57.7 Å². The molecule has 1 heterocycles. The Hall–Kier alpha value is -2.17. The van der Waals surface area contributed by atoms with Gasteiger partial charge in [0.2, 0.25) is 5.91 Å². The van der Waals surface area contributed by atoms with Crippen LogP contribution in [0, 0.1) is 11.8 Å². The lowest BCUT2D eigenvalue weighted by Crippen LogP contribution is -2.40. The van der Waals surface area contributed by atoms with Crippen molar-refractivity contribution in [3.05, 3.63) is 35.4 Å². The Bertz CT molecular complexity index is 592. The van der Waals surface area contributed by atoms with Crippen LogP contribution in [0.3, 0.4) is 0 Å². The van der Waals surface area contributed by atoms with Crippen molar-refractivity contribution in [2.24, 2.45) is 11.8 Å². The first-order valence-electron chi connectivity index (χ1n) is 8.54. The molecule has 1 aliphatic heterocycles. The first-order valence-corrected chi connectivity index (χ1v) is 8.54. The lowest BCUT2D eigenvalue weighted by Gasteiger charge is -2.27. The number of rotatable bonds is 7. The maximum absolute atomic E-state index is 12.5. The lowest BCUT2D eigenvalue weighted by atomic mass is 10.1. The summed E-state index contributed by atoms with van der Waals surface area (Å²) in [6.07, 6.45) is 0.172. The van der Waals surface area contributed by atoms with Gasteiger partial charge in [0.05, 0.1) is 11.1 Å². The minimum absolute atomic E-state index is 0.00560. The van der Waals surface area contributed by atoms with Crippen LogP contribution in [0.4, 0.5) is 0 Å². The number of imide groups is 1. The van der Waals surface area contributed by atoms with Gasteiger partial charge in [0.15, 0.2) is 0 Å². The van der Waals surface area contributed by atoms with Crippen LogP contribution >= 0.6 is 0 Å². The van der Waals surface area contributed by atoms with Gasteiger partial charge < -0.3 is 4.90 Å². The zero-order valence-electron chi connectivity index (χ0n) is 14.9. The fraction of sp³-hybridized carbons (Fsp3) is 0.526. The summed E-state index contributed by atoms with van der Waals surface area (Å²) >= 11 is 0. The molecule has 0 N–H and O–H groups in total. The number of carbonyl (C=O) groups excluding carboxylic acids is 3. The molecule has 0 saturated carbocycles. The summed E-state index contributed by atoms with van der Waals surface area (Å²) in [5, 5.41) is 0. The first-order chi connectivity index (χ1) is 11.3. The van der Waals surface area contributed by atoms with E-state index in [2.05, 4.69) is 27.7 Å². The fourth-order valence-corrected chi connectivity index (χ4v) is 2.97. The Morgan fingerprint density at radius 3 is 1.83 bits per heavy atom. The molecule has 1 aromatic rings. The molecule has 2 rings (SSSR count). The maximum Gasteiger partial charge on any atom is 0.261 e. The number of benzene rings is 1. The maximum atomic E-state index is 12.5. The van der Waals surface area contributed by atoms with Gasteiger partial charge in [-0.1, -0.05) is 39.8 Å². The Morgan fingerprint density at radius 2 is 1.42 bits per heavy atom. The van der Waals surface area contributed by atoms with Crippen molar-refractivity contribution < 1.29 is 14.4 Å². The van der Waals surface area contributed by atoms with Gasteiger partial charge in [-0.2, -0.15) is 0 Å². The second-order valence-electron chi connectivity index (χ2n) is 7.14. The van der Waals surface area contributed by atoms with E-state index in [0.717, 1.165) is 0 Å². The highest BCUT2D eigenvalue weighted by Gasteiger charge is 2.35. The Morgan fingerprint density at radius 1 is 0.958 bits per heavy atom. The van der Waals surface area contributed by atoms with E-state index in [1.165, 1.54) is 4.90 Å². The normalized spacial score (nSPS) is 13.8. The van der Waals surface area contributed by atoms with E-state index in [1.807, 2.05) is 4.90 Å². The van der Waals surface area contributed by atoms with Crippen molar-refractivity contribution in [3.63, 3.8) is 0 Å². The minimum atomic E-state index is -0.303. The van der Waals surface area contributed by atoms with E-state index in [-0.39, 0.29) is 30.7 Å². The van der Waals surface area contributed by atoms with E-state index in [9.17, 15) is 14.4 Å². The molecule has 24 heavy (non-hydrogen) atoms. The molecule has 0 bridgehead atoms. The van der Waals surface area contributed by atoms with Crippen molar-refractivity contribution in [2.45, 2.75) is 34.1 Å². The average molecular weight is 330 g/mol. The largest absolute Gasteiger partial charge is 0.342 e. The molecular formula is C19H26N2O3. The molecule has 1 aliphatic rings. The molecule has 5 nitrogen and oxygen atoms in total. The van der Waals surface area contributed by atoms with Crippen LogP contribution in [0.2, 0.25) is 0 Å². The Kier molecular flexibility index (Phi) is 5.75. The molecule has 5 heteroatoms. The third-order valence-corrected chi connectivity index (χ3v) is 3.95. The Labute approximate surface area is 143 Å². The zero-order valence-corrected chi connectivity index (χ0v) is 14.9. The molecule has 130 valence electrons. The zero-order chi connectivity index (χ0) is 17.9. The van der Waals surface area contributed by atoms with Gasteiger partial charge in [0.1, 0.15) is 0 Å². The summed E-state index contributed by atoms with van der Waals surface area (Å²) < 4.78 is 0. The summed E-state index contributed by atoms with van der Waals surface area (Å²) in [4.78, 5) is 40.2. The van der Waals surface area contributed by atoms with Crippen molar-refractivity contribution in [1.29, 1.82) is 0 Å². The van der Waals surface area contributed by atoms with Crippen LogP contribution in [0.15, 0.2) is 24.3 Å². The minimum Gasteiger partial charge on any atom is -0.342 e. The summed E-state index contributed by atoms with van der Waals surface area (Å²) in [6.45, 7) is 9.82. The van der Waals surface area contributed by atoms with Crippen molar-refractivity contribution in [1.82, 2.24) is 9.80 Å². The third-order valence-electron chi connectivity index (χ3n) is 3.95. The van der Waals surface area contributed by atoms with Gasteiger partial charge in [0.25, 0.3) is 11.8 Å². The van der Waals surface area contributed by atoms with E-state index in [0.29, 0.717) is 36.1 Å². The van der Waals surface area contributed by atoms with Gasteiger partial charge in [-0.3, -0.25) is 19.3 Å². The van der Waals surface area contributed by atoms with Crippen molar-refractivity contribution >= 4 is 17.7 Å². The second-order valence-corrected chi connectivity index (χ2v) is 7.14. The van der Waals surface area contributed by atoms with Crippen molar-refractivity contribution in [3.8, 4) is 0 Å². The molecule has 0 spiro atoms. The summed E-state index contributed by atoms with van der Waals surface area (Å²) in [7, 11) is 0. The van der Waals surface area contributed by atoms with Gasteiger partial charge >= 0.3 is 0 Å². The van der Waals surface area contributed by atoms with Crippen LogP contribution < -0.4 is 0 Å². The van der Waals surface area contributed by atoms with Crippen LogP contribution in [-0.4, -0.2) is 47.2 Å². The molecule has 0 atom stereocenters. The molecular weight excluding hydrogens is 304 g/mol. The van der Waals surface area contributed by atoms with Crippen LogP contribution in [0.5, 0.6) is 0 Å². The second kappa shape index (κ2) is 7.60. The van der Waals surface area contributed by atoms with Gasteiger partial charge in [-0.25, -0.2) is 0 Å². The molecule has 0 radical (unpaired) electrons. The van der Waals surface area contributed by atoms with Gasteiger partial charge in [-0.15, -0.1) is 0 Å². The molecule has 0 aromatic heterocycles. The average Bonchev–Trinajstić information content (AvgIpc) is 2.75. The van der Waals surface area contributed by atoms with Gasteiger partial charge in [-0.05, 0) is 24.0 Å². The van der Waals surface area contributed by atoms with Crippen LogP contribution in [0.1, 0.15) is 54.8 Å². The molecule has 0 saturated heterocycles. The highest BCUT2D eigenvalue weighted by atomic mass is 16.2. The Balaban J connectivity index is 2.01. The number of nitrogens with zero attached hydrogens (tertiary/aromatic N) is 2. The molecule has 0 fully saturated rings. The predicted molar refractivity (Wildman–Crippen MR) is 92.7 cm³/mol. The van der Waals surface area contributed by atoms with Gasteiger partial charge in [0, 0.05) is 26.1 Å². The summed E-state index contributed by atoms with van der Waals surface area (Å²) in [6, 6.07) is 6.79.